The van der Waals surface area contributed by atoms with Crippen LogP contribution in [0.3, 0.4) is 0 Å². The van der Waals surface area contributed by atoms with Crippen molar-refractivity contribution >= 4 is 41.3 Å². The Hall–Kier alpha value is -0.191. The van der Waals surface area contributed by atoms with Crippen LogP contribution in [0.2, 0.25) is 0 Å². The van der Waals surface area contributed by atoms with Gasteiger partial charge in [-0.05, 0) is 26.7 Å². The van der Waals surface area contributed by atoms with Crippen LogP contribution in [-0.2, 0) is 14.4 Å². The van der Waals surface area contributed by atoms with Crippen molar-refractivity contribution in [2.24, 2.45) is 5.41 Å². The quantitative estimate of drug-likeness (QED) is 0.335. The second kappa shape index (κ2) is 10.6. The molecule has 0 N–H and O–H groups in total. The molecule has 3 nitrogen and oxygen atoms in total. The van der Waals surface area contributed by atoms with Gasteiger partial charge in [-0.2, -0.15) is 0 Å². The van der Waals surface area contributed by atoms with E-state index in [1.807, 2.05) is 6.92 Å². The molecule has 2 radical (unpaired) electrons. The molecule has 0 aliphatic carbocycles. The Morgan fingerprint density at radius 1 is 0.842 bits per heavy atom. The molecule has 0 aromatic heterocycles. The van der Waals surface area contributed by atoms with Gasteiger partial charge in [0, 0.05) is 6.42 Å². The van der Waals surface area contributed by atoms with Gasteiger partial charge in [-0.3, -0.25) is 14.4 Å². The van der Waals surface area contributed by atoms with Gasteiger partial charge in [0.1, 0.15) is 5.41 Å². The van der Waals surface area contributed by atoms with Gasteiger partial charge in [0.15, 0.2) is 17.3 Å². The molecule has 0 heterocycles. The third kappa shape index (κ3) is 5.76. The maximum atomic E-state index is 12.3. The predicted molar refractivity (Wildman–Crippen MR) is 81.0 cm³/mol. The van der Waals surface area contributed by atoms with Crippen LogP contribution in [0.5, 0.6) is 0 Å². The summed E-state index contributed by atoms with van der Waals surface area (Å²) in [7, 11) is 0. The first kappa shape index (κ1) is 21.1. The van der Waals surface area contributed by atoms with Crippen molar-refractivity contribution < 1.29 is 14.4 Å². The molecule has 19 heavy (non-hydrogen) atoms. The normalized spacial score (nSPS) is 10.7. The SMILES string of the molecule is CCCCCC(=O)C(CCCC)(C(C)=O)C(C)=O.[SnH2]. The number of hydrogen-bond donors (Lipinski definition) is 0. The van der Waals surface area contributed by atoms with Gasteiger partial charge < -0.3 is 0 Å². The van der Waals surface area contributed by atoms with Gasteiger partial charge in [0.25, 0.3) is 0 Å². The van der Waals surface area contributed by atoms with E-state index in [1.54, 1.807) is 0 Å². The molecule has 0 aliphatic heterocycles. The van der Waals surface area contributed by atoms with Crippen LogP contribution in [0, 0.1) is 5.41 Å². The minimum absolute atomic E-state index is 0. The van der Waals surface area contributed by atoms with Gasteiger partial charge in [-0.25, -0.2) is 0 Å². The molecule has 0 bridgehead atoms. The van der Waals surface area contributed by atoms with Crippen LogP contribution in [0.1, 0.15) is 72.6 Å². The Labute approximate surface area is 133 Å². The van der Waals surface area contributed by atoms with E-state index >= 15 is 0 Å². The van der Waals surface area contributed by atoms with E-state index in [-0.39, 0.29) is 41.3 Å². The summed E-state index contributed by atoms with van der Waals surface area (Å²) in [4.78, 5) is 36.0. The number of unbranched alkanes of at least 4 members (excludes halogenated alkanes) is 3. The molecule has 0 atom stereocenters. The van der Waals surface area contributed by atoms with E-state index in [0.717, 1.165) is 32.1 Å². The van der Waals surface area contributed by atoms with E-state index in [9.17, 15) is 14.4 Å². The second-order valence-electron chi connectivity index (χ2n) is 5.00. The van der Waals surface area contributed by atoms with Crippen LogP contribution >= 0.6 is 0 Å². The van der Waals surface area contributed by atoms with Crippen molar-refractivity contribution in [1.29, 1.82) is 0 Å². The minimum atomic E-state index is -1.36. The molecule has 0 saturated carbocycles. The fraction of sp³-hybridized carbons (Fsp3) is 0.800. The average molecular weight is 375 g/mol. The summed E-state index contributed by atoms with van der Waals surface area (Å²) in [5.74, 6) is -0.751. The van der Waals surface area contributed by atoms with Crippen molar-refractivity contribution in [2.45, 2.75) is 72.6 Å². The number of carbonyl (C=O) groups excluding carboxylic acids is 3. The molecule has 0 unspecified atom stereocenters. The van der Waals surface area contributed by atoms with Crippen LogP contribution in [0.25, 0.3) is 0 Å². The summed E-state index contributed by atoms with van der Waals surface area (Å²) >= 11 is 0. The first-order valence-corrected chi connectivity index (χ1v) is 6.98. The van der Waals surface area contributed by atoms with Gasteiger partial charge in [-0.15, -0.1) is 0 Å². The molecule has 0 aromatic carbocycles. The van der Waals surface area contributed by atoms with Crippen LogP contribution in [-0.4, -0.2) is 41.3 Å². The summed E-state index contributed by atoms with van der Waals surface area (Å²) in [6.07, 6.45) is 5.09. The fourth-order valence-corrected chi connectivity index (χ4v) is 2.32. The fourth-order valence-electron chi connectivity index (χ4n) is 2.32. The van der Waals surface area contributed by atoms with Crippen LogP contribution < -0.4 is 0 Å². The number of ketones is 3. The Balaban J connectivity index is 0. The van der Waals surface area contributed by atoms with E-state index in [4.69, 9.17) is 0 Å². The Bertz CT molecular complexity index is 297. The average Bonchev–Trinajstić information content (AvgIpc) is 2.29. The summed E-state index contributed by atoms with van der Waals surface area (Å²) in [5, 5.41) is 0. The monoisotopic (exact) mass is 376 g/mol. The van der Waals surface area contributed by atoms with Crippen molar-refractivity contribution in [3.63, 3.8) is 0 Å². The molecule has 0 amide bonds. The van der Waals surface area contributed by atoms with Gasteiger partial charge in [0.2, 0.25) is 0 Å². The third-order valence-corrected chi connectivity index (χ3v) is 3.59. The van der Waals surface area contributed by atoms with Crippen LogP contribution in [0.15, 0.2) is 0 Å². The number of hydrogen-bond acceptors (Lipinski definition) is 3. The van der Waals surface area contributed by atoms with Gasteiger partial charge in [0.05, 0.1) is 0 Å². The maximum absolute atomic E-state index is 12.3. The zero-order chi connectivity index (χ0) is 14.2. The van der Waals surface area contributed by atoms with E-state index in [2.05, 4.69) is 6.92 Å². The van der Waals surface area contributed by atoms with Crippen LogP contribution in [0.4, 0.5) is 0 Å². The van der Waals surface area contributed by atoms with Gasteiger partial charge >= 0.3 is 23.9 Å². The summed E-state index contributed by atoms with van der Waals surface area (Å²) in [5.41, 5.74) is -1.36. The molecule has 0 saturated heterocycles. The molecular weight excluding hydrogens is 347 g/mol. The topological polar surface area (TPSA) is 51.2 Å². The summed E-state index contributed by atoms with van der Waals surface area (Å²) in [6, 6.07) is 0. The second-order valence-corrected chi connectivity index (χ2v) is 5.00. The molecule has 0 rings (SSSR count). The Morgan fingerprint density at radius 3 is 1.68 bits per heavy atom. The van der Waals surface area contributed by atoms with Crippen molar-refractivity contribution in [3.8, 4) is 0 Å². The molecule has 0 fully saturated rings. The third-order valence-electron chi connectivity index (χ3n) is 3.59. The molecule has 0 aliphatic rings. The first-order valence-electron chi connectivity index (χ1n) is 6.98. The zero-order valence-electron chi connectivity index (χ0n) is 12.9. The molecule has 0 aromatic rings. The van der Waals surface area contributed by atoms with E-state index in [1.165, 1.54) is 13.8 Å². The van der Waals surface area contributed by atoms with Gasteiger partial charge in [-0.1, -0.05) is 39.5 Å². The molecule has 4 heteroatoms. The standard InChI is InChI=1S/C15H26O3.Sn.2H/c1-5-7-9-10-14(18)15(12(3)16,13(4)17)11-8-6-2;;;/h5-11H2,1-4H3;;;. The summed E-state index contributed by atoms with van der Waals surface area (Å²) in [6.45, 7) is 6.79. The number of carbonyl (C=O) groups is 3. The number of rotatable bonds is 10. The molecular formula is C15H28O3Sn. The molecule has 0 spiro atoms. The van der Waals surface area contributed by atoms with E-state index in [0.29, 0.717) is 12.8 Å². The van der Waals surface area contributed by atoms with Crippen molar-refractivity contribution in [3.05, 3.63) is 0 Å². The Morgan fingerprint density at radius 2 is 1.32 bits per heavy atom. The van der Waals surface area contributed by atoms with Crippen molar-refractivity contribution in [1.82, 2.24) is 0 Å². The molecule has 110 valence electrons. The predicted octanol–water partition coefficient (Wildman–Crippen LogP) is 2.57. The summed E-state index contributed by atoms with van der Waals surface area (Å²) < 4.78 is 0. The Kier molecular flexibility index (Phi) is 11.8. The first-order chi connectivity index (χ1) is 8.43. The van der Waals surface area contributed by atoms with Crippen molar-refractivity contribution in [2.75, 3.05) is 0 Å². The zero-order valence-corrected chi connectivity index (χ0v) is 16.9. The van der Waals surface area contributed by atoms with E-state index < -0.39 is 5.41 Å². The number of Topliss-reactive ketones (excluding diaryl/α,β-unsaturated/α-hetero) is 3.